The van der Waals surface area contributed by atoms with Crippen molar-refractivity contribution >= 4 is 11.9 Å². The van der Waals surface area contributed by atoms with Crippen molar-refractivity contribution in [1.29, 1.82) is 0 Å². The summed E-state index contributed by atoms with van der Waals surface area (Å²) in [7, 11) is 3.94. The largest absolute Gasteiger partial charge is 0.357 e. The lowest BCUT2D eigenvalue weighted by Crippen LogP contribution is -2.32. The van der Waals surface area contributed by atoms with Crippen LogP contribution in [0.5, 0.6) is 0 Å². The van der Waals surface area contributed by atoms with Gasteiger partial charge in [0.15, 0.2) is 0 Å². The summed E-state index contributed by atoms with van der Waals surface area (Å²) in [6.45, 7) is 1.99. The van der Waals surface area contributed by atoms with Crippen molar-refractivity contribution in [2.75, 3.05) is 37.8 Å². The number of hydrogen-bond acceptors (Lipinski definition) is 7. The summed E-state index contributed by atoms with van der Waals surface area (Å²) >= 11 is 0. The van der Waals surface area contributed by atoms with Crippen molar-refractivity contribution in [2.24, 2.45) is 0 Å². The molecule has 1 saturated heterocycles. The number of anilines is 2. The van der Waals surface area contributed by atoms with E-state index in [1.165, 1.54) is 12.8 Å². The summed E-state index contributed by atoms with van der Waals surface area (Å²) in [6.07, 6.45) is 5.96. The van der Waals surface area contributed by atoms with Crippen LogP contribution in [-0.4, -0.2) is 62.9 Å². The van der Waals surface area contributed by atoms with Gasteiger partial charge >= 0.3 is 0 Å². The highest BCUT2D eigenvalue weighted by Gasteiger charge is 2.20. The first-order valence-corrected chi connectivity index (χ1v) is 7.14. The van der Waals surface area contributed by atoms with Gasteiger partial charge in [0, 0.05) is 32.0 Å². The molecule has 0 amide bonds. The van der Waals surface area contributed by atoms with Crippen LogP contribution in [0.2, 0.25) is 0 Å². The van der Waals surface area contributed by atoms with Crippen LogP contribution in [0.1, 0.15) is 12.8 Å². The molecule has 21 heavy (non-hydrogen) atoms. The molecule has 0 bridgehead atoms. The summed E-state index contributed by atoms with van der Waals surface area (Å²) < 4.78 is 1.62. The summed E-state index contributed by atoms with van der Waals surface area (Å²) in [6, 6.07) is 2.37. The summed E-state index contributed by atoms with van der Waals surface area (Å²) in [5.41, 5.74) is 0. The molecule has 1 atom stereocenters. The second kappa shape index (κ2) is 6.04. The van der Waals surface area contributed by atoms with Crippen LogP contribution in [0.25, 0.3) is 5.95 Å². The number of hydrogen-bond donors (Lipinski definition) is 2. The molecule has 1 aliphatic heterocycles. The molecule has 0 aromatic carbocycles. The highest BCUT2D eigenvalue weighted by atomic mass is 15.4. The molecule has 3 rings (SSSR count). The summed E-state index contributed by atoms with van der Waals surface area (Å²) in [4.78, 5) is 15.4. The van der Waals surface area contributed by atoms with E-state index in [4.69, 9.17) is 0 Å². The van der Waals surface area contributed by atoms with E-state index < -0.39 is 0 Å². The quantitative estimate of drug-likeness (QED) is 0.833. The van der Waals surface area contributed by atoms with Gasteiger partial charge in [0.05, 0.1) is 0 Å². The SMILES string of the molecule is CNc1nc(NCC2CCCN2C)nc(-n2cccn2)n1. The number of likely N-dealkylation sites (N-methyl/N-ethyl adjacent to an activating group) is 1. The van der Waals surface area contributed by atoms with Crippen LogP contribution in [0.3, 0.4) is 0 Å². The molecular formula is C13H20N8. The zero-order valence-corrected chi connectivity index (χ0v) is 12.3. The first-order valence-electron chi connectivity index (χ1n) is 7.14. The molecule has 1 aliphatic rings. The van der Waals surface area contributed by atoms with Gasteiger partial charge in [-0.15, -0.1) is 0 Å². The number of aromatic nitrogens is 5. The molecule has 2 N–H and O–H groups in total. The minimum atomic E-state index is 0.502. The maximum Gasteiger partial charge on any atom is 0.257 e. The minimum Gasteiger partial charge on any atom is -0.357 e. The zero-order chi connectivity index (χ0) is 14.7. The van der Waals surface area contributed by atoms with Gasteiger partial charge in [0.2, 0.25) is 11.9 Å². The van der Waals surface area contributed by atoms with Crippen LogP contribution in [-0.2, 0) is 0 Å². The third kappa shape index (κ3) is 3.10. The summed E-state index contributed by atoms with van der Waals surface area (Å²) in [5, 5.41) is 10.4. The van der Waals surface area contributed by atoms with Gasteiger partial charge in [0.1, 0.15) is 0 Å². The van der Waals surface area contributed by atoms with Crippen molar-refractivity contribution in [1.82, 2.24) is 29.6 Å². The van der Waals surface area contributed by atoms with Crippen LogP contribution in [0.15, 0.2) is 18.5 Å². The lowest BCUT2D eigenvalue weighted by Gasteiger charge is -2.19. The van der Waals surface area contributed by atoms with E-state index in [1.807, 2.05) is 12.3 Å². The van der Waals surface area contributed by atoms with Gasteiger partial charge in [-0.2, -0.15) is 20.1 Å². The Bertz CT molecular complexity index is 582. The smallest absolute Gasteiger partial charge is 0.257 e. The molecule has 2 aromatic heterocycles. The highest BCUT2D eigenvalue weighted by molar-refractivity contribution is 5.37. The topological polar surface area (TPSA) is 83.8 Å². The first kappa shape index (κ1) is 13.7. The molecule has 1 unspecified atom stereocenters. The van der Waals surface area contributed by atoms with Gasteiger partial charge in [-0.3, -0.25) is 0 Å². The van der Waals surface area contributed by atoms with E-state index in [0.29, 0.717) is 23.9 Å². The van der Waals surface area contributed by atoms with E-state index in [-0.39, 0.29) is 0 Å². The molecule has 112 valence electrons. The Morgan fingerprint density at radius 2 is 2.14 bits per heavy atom. The third-order valence-electron chi connectivity index (χ3n) is 3.72. The lowest BCUT2D eigenvalue weighted by atomic mass is 10.2. The molecule has 1 fully saturated rings. The van der Waals surface area contributed by atoms with Crippen molar-refractivity contribution in [3.63, 3.8) is 0 Å². The van der Waals surface area contributed by atoms with Gasteiger partial charge < -0.3 is 15.5 Å². The number of likely N-dealkylation sites (tertiary alicyclic amines) is 1. The Balaban J connectivity index is 1.76. The minimum absolute atomic E-state index is 0.502. The second-order valence-electron chi connectivity index (χ2n) is 5.14. The van der Waals surface area contributed by atoms with Crippen LogP contribution in [0, 0.1) is 0 Å². The predicted octanol–water partition coefficient (Wildman–Crippen LogP) is 0.605. The molecule has 0 saturated carbocycles. The maximum atomic E-state index is 4.42. The molecule has 0 radical (unpaired) electrons. The van der Waals surface area contributed by atoms with Gasteiger partial charge in [-0.05, 0) is 32.5 Å². The second-order valence-corrected chi connectivity index (χ2v) is 5.14. The van der Waals surface area contributed by atoms with Crippen molar-refractivity contribution in [3.05, 3.63) is 18.5 Å². The van der Waals surface area contributed by atoms with Crippen molar-refractivity contribution < 1.29 is 0 Å². The first-order chi connectivity index (χ1) is 10.3. The van der Waals surface area contributed by atoms with Crippen LogP contribution >= 0.6 is 0 Å². The Morgan fingerprint density at radius 1 is 1.29 bits per heavy atom. The average Bonchev–Trinajstić information content (AvgIpc) is 3.16. The monoisotopic (exact) mass is 288 g/mol. The van der Waals surface area contributed by atoms with Crippen molar-refractivity contribution in [2.45, 2.75) is 18.9 Å². The molecule has 8 nitrogen and oxygen atoms in total. The van der Waals surface area contributed by atoms with Crippen LogP contribution in [0.4, 0.5) is 11.9 Å². The molecule has 3 heterocycles. The average molecular weight is 288 g/mol. The number of nitrogens with zero attached hydrogens (tertiary/aromatic N) is 6. The number of rotatable bonds is 5. The fourth-order valence-corrected chi connectivity index (χ4v) is 2.49. The van der Waals surface area contributed by atoms with Crippen LogP contribution < -0.4 is 10.6 Å². The lowest BCUT2D eigenvalue weighted by molar-refractivity contribution is 0.322. The Kier molecular flexibility index (Phi) is 3.96. The zero-order valence-electron chi connectivity index (χ0n) is 12.3. The summed E-state index contributed by atoms with van der Waals surface area (Å²) in [5.74, 6) is 1.60. The Labute approximate surface area is 123 Å². The van der Waals surface area contributed by atoms with Crippen molar-refractivity contribution in [3.8, 4) is 5.95 Å². The standard InChI is InChI=1S/C13H20N8/c1-14-11-17-12(15-9-10-5-3-7-20(10)2)19-13(18-11)21-8-4-6-16-21/h4,6,8,10H,3,5,7,9H2,1-2H3,(H2,14,15,17,18,19). The fourth-order valence-electron chi connectivity index (χ4n) is 2.49. The molecular weight excluding hydrogens is 268 g/mol. The molecule has 0 aliphatic carbocycles. The normalized spacial score (nSPS) is 18.9. The molecule has 8 heteroatoms. The molecule has 0 spiro atoms. The van der Waals surface area contributed by atoms with Gasteiger partial charge in [-0.25, -0.2) is 4.68 Å². The Morgan fingerprint density at radius 3 is 2.81 bits per heavy atom. The van der Waals surface area contributed by atoms with Gasteiger partial charge in [-0.1, -0.05) is 0 Å². The van der Waals surface area contributed by atoms with E-state index in [0.717, 1.165) is 13.1 Å². The Hall–Kier alpha value is -2.22. The predicted molar refractivity (Wildman–Crippen MR) is 80.6 cm³/mol. The maximum absolute atomic E-state index is 4.42. The highest BCUT2D eigenvalue weighted by Crippen LogP contribution is 2.15. The molecule has 2 aromatic rings. The number of nitrogens with one attached hydrogen (secondary N) is 2. The van der Waals surface area contributed by atoms with Gasteiger partial charge in [0.25, 0.3) is 5.95 Å². The van der Waals surface area contributed by atoms with E-state index in [1.54, 1.807) is 17.9 Å². The van der Waals surface area contributed by atoms with E-state index in [9.17, 15) is 0 Å². The van der Waals surface area contributed by atoms with E-state index >= 15 is 0 Å². The third-order valence-corrected chi connectivity index (χ3v) is 3.72. The van der Waals surface area contributed by atoms with E-state index in [2.05, 4.69) is 42.6 Å². The fraction of sp³-hybridized carbons (Fsp3) is 0.538.